The van der Waals surface area contributed by atoms with Gasteiger partial charge in [0.25, 0.3) is 0 Å². The second kappa shape index (κ2) is 5.01. The summed E-state index contributed by atoms with van der Waals surface area (Å²) in [5, 5.41) is 2.92. The summed E-state index contributed by atoms with van der Waals surface area (Å²) in [7, 11) is 0. The van der Waals surface area contributed by atoms with Crippen LogP contribution >= 0.6 is 0 Å². The van der Waals surface area contributed by atoms with Crippen molar-refractivity contribution in [2.75, 3.05) is 0 Å². The molecule has 0 saturated carbocycles. The van der Waals surface area contributed by atoms with Crippen LogP contribution < -0.4 is 5.32 Å². The van der Waals surface area contributed by atoms with E-state index in [9.17, 15) is 4.79 Å². The number of aryl methyl sites for hydroxylation is 1. The minimum absolute atomic E-state index is 0.0964. The second-order valence-corrected chi connectivity index (χ2v) is 4.51. The maximum absolute atomic E-state index is 11.6. The van der Waals surface area contributed by atoms with Crippen molar-refractivity contribution < 1.29 is 9.21 Å². The van der Waals surface area contributed by atoms with Gasteiger partial charge in [0.05, 0.1) is 0 Å². The number of hydrogen-bond donors (Lipinski definition) is 1. The summed E-state index contributed by atoms with van der Waals surface area (Å²) < 4.78 is 5.32. The molecule has 1 heterocycles. The molecule has 0 bridgehead atoms. The predicted molar refractivity (Wildman–Crippen MR) is 65.0 cm³/mol. The van der Waals surface area contributed by atoms with Crippen LogP contribution in [-0.4, -0.2) is 11.4 Å². The Hall–Kier alpha value is -1.51. The van der Waals surface area contributed by atoms with E-state index in [-0.39, 0.29) is 11.4 Å². The van der Waals surface area contributed by atoms with Gasteiger partial charge in [0.1, 0.15) is 11.5 Å². The van der Waals surface area contributed by atoms with Crippen molar-refractivity contribution >= 4 is 12.0 Å². The summed E-state index contributed by atoms with van der Waals surface area (Å²) >= 11 is 0. The molecule has 0 atom stereocenters. The van der Waals surface area contributed by atoms with Gasteiger partial charge < -0.3 is 9.73 Å². The molecular weight excluding hydrogens is 202 g/mol. The molecular formula is C13H19NO2. The summed E-state index contributed by atoms with van der Waals surface area (Å²) in [6, 6.07) is 3.71. The normalized spacial score (nSPS) is 12.0. The third-order valence-electron chi connectivity index (χ3n) is 2.51. The third kappa shape index (κ3) is 3.93. The molecule has 0 saturated heterocycles. The van der Waals surface area contributed by atoms with Gasteiger partial charge in [-0.25, -0.2) is 0 Å². The fourth-order valence-corrected chi connectivity index (χ4v) is 1.16. The second-order valence-electron chi connectivity index (χ2n) is 4.51. The van der Waals surface area contributed by atoms with Crippen molar-refractivity contribution in [3.8, 4) is 0 Å². The van der Waals surface area contributed by atoms with Crippen molar-refractivity contribution in [2.24, 2.45) is 0 Å². The standard InChI is InChI=1S/C13H19NO2/c1-5-13(3,4)14-12(15)9-8-11-7-6-10(2)16-11/h6-9H,5H2,1-4H3,(H,14,15)/b9-8+. The highest BCUT2D eigenvalue weighted by atomic mass is 16.3. The van der Waals surface area contributed by atoms with E-state index in [1.54, 1.807) is 6.08 Å². The molecule has 0 aromatic carbocycles. The molecule has 0 unspecified atom stereocenters. The van der Waals surface area contributed by atoms with Gasteiger partial charge in [-0.2, -0.15) is 0 Å². The number of nitrogens with one attached hydrogen (secondary N) is 1. The van der Waals surface area contributed by atoms with Gasteiger partial charge >= 0.3 is 0 Å². The van der Waals surface area contributed by atoms with E-state index in [0.29, 0.717) is 5.76 Å². The Bertz CT molecular complexity index is 388. The fraction of sp³-hybridized carbons (Fsp3) is 0.462. The van der Waals surface area contributed by atoms with Crippen molar-refractivity contribution in [2.45, 2.75) is 39.7 Å². The number of hydrogen-bond acceptors (Lipinski definition) is 2. The Kier molecular flexibility index (Phi) is 3.93. The predicted octanol–water partition coefficient (Wildman–Crippen LogP) is 2.91. The molecule has 1 N–H and O–H groups in total. The number of carbonyl (C=O) groups excluding carboxylic acids is 1. The van der Waals surface area contributed by atoms with Crippen molar-refractivity contribution in [3.05, 3.63) is 29.7 Å². The average Bonchev–Trinajstić information content (AvgIpc) is 2.61. The summed E-state index contributed by atoms with van der Waals surface area (Å²) in [5.74, 6) is 1.44. The maximum Gasteiger partial charge on any atom is 0.244 e. The van der Waals surface area contributed by atoms with Crippen molar-refractivity contribution in [1.29, 1.82) is 0 Å². The average molecular weight is 221 g/mol. The van der Waals surface area contributed by atoms with E-state index in [2.05, 4.69) is 5.32 Å². The van der Waals surface area contributed by atoms with Crippen LogP contribution in [0.15, 0.2) is 22.6 Å². The Morgan fingerprint density at radius 3 is 2.69 bits per heavy atom. The van der Waals surface area contributed by atoms with Crippen molar-refractivity contribution in [3.63, 3.8) is 0 Å². The van der Waals surface area contributed by atoms with Crippen LogP contribution in [0.25, 0.3) is 6.08 Å². The lowest BCUT2D eigenvalue weighted by Crippen LogP contribution is -2.41. The van der Waals surface area contributed by atoms with E-state index in [0.717, 1.165) is 12.2 Å². The first-order chi connectivity index (χ1) is 7.43. The zero-order valence-electron chi connectivity index (χ0n) is 10.3. The van der Waals surface area contributed by atoms with Crippen LogP contribution in [0.4, 0.5) is 0 Å². The Morgan fingerprint density at radius 2 is 2.19 bits per heavy atom. The summed E-state index contributed by atoms with van der Waals surface area (Å²) in [6.07, 6.45) is 4.07. The first-order valence-corrected chi connectivity index (χ1v) is 5.49. The Balaban J connectivity index is 2.55. The topological polar surface area (TPSA) is 42.2 Å². The number of rotatable bonds is 4. The molecule has 1 aromatic rings. The fourth-order valence-electron chi connectivity index (χ4n) is 1.16. The monoisotopic (exact) mass is 221 g/mol. The van der Waals surface area contributed by atoms with E-state index >= 15 is 0 Å². The highest BCUT2D eigenvalue weighted by molar-refractivity contribution is 5.91. The third-order valence-corrected chi connectivity index (χ3v) is 2.51. The Morgan fingerprint density at radius 1 is 1.50 bits per heavy atom. The van der Waals surface area contributed by atoms with Gasteiger partial charge in [-0.1, -0.05) is 6.92 Å². The van der Waals surface area contributed by atoms with E-state index in [1.165, 1.54) is 6.08 Å². The molecule has 1 rings (SSSR count). The Labute approximate surface area is 96.5 Å². The van der Waals surface area contributed by atoms with E-state index < -0.39 is 0 Å². The minimum Gasteiger partial charge on any atom is -0.462 e. The largest absolute Gasteiger partial charge is 0.462 e. The lowest BCUT2D eigenvalue weighted by atomic mass is 10.0. The molecule has 88 valence electrons. The quantitative estimate of drug-likeness (QED) is 0.794. The highest BCUT2D eigenvalue weighted by Gasteiger charge is 2.15. The molecule has 1 amide bonds. The molecule has 1 aromatic heterocycles. The number of amides is 1. The molecule has 0 fully saturated rings. The van der Waals surface area contributed by atoms with Crippen LogP contribution in [0.2, 0.25) is 0 Å². The van der Waals surface area contributed by atoms with Crippen LogP contribution in [0.5, 0.6) is 0 Å². The molecule has 3 nitrogen and oxygen atoms in total. The van der Waals surface area contributed by atoms with Gasteiger partial charge in [-0.15, -0.1) is 0 Å². The van der Waals surface area contributed by atoms with Crippen LogP contribution in [0.1, 0.15) is 38.7 Å². The van der Waals surface area contributed by atoms with Crippen LogP contribution in [0.3, 0.4) is 0 Å². The van der Waals surface area contributed by atoms with Gasteiger partial charge in [0.2, 0.25) is 5.91 Å². The lowest BCUT2D eigenvalue weighted by molar-refractivity contribution is -0.118. The number of carbonyl (C=O) groups is 1. The zero-order valence-corrected chi connectivity index (χ0v) is 10.3. The smallest absolute Gasteiger partial charge is 0.244 e. The van der Waals surface area contributed by atoms with Crippen molar-refractivity contribution in [1.82, 2.24) is 5.32 Å². The SMILES string of the molecule is CCC(C)(C)NC(=O)/C=C/c1ccc(C)o1. The summed E-state index contributed by atoms with van der Waals surface area (Å²) in [4.78, 5) is 11.6. The van der Waals surface area contributed by atoms with Gasteiger partial charge in [-0.05, 0) is 45.4 Å². The first kappa shape index (κ1) is 12.6. The molecule has 0 aliphatic heterocycles. The number of furan rings is 1. The molecule has 0 aliphatic rings. The van der Waals surface area contributed by atoms with E-state index in [4.69, 9.17) is 4.42 Å². The zero-order chi connectivity index (χ0) is 12.2. The summed E-state index contributed by atoms with van der Waals surface area (Å²) in [6.45, 7) is 7.91. The van der Waals surface area contributed by atoms with Gasteiger partial charge in [0.15, 0.2) is 0 Å². The molecule has 16 heavy (non-hydrogen) atoms. The van der Waals surface area contributed by atoms with Crippen LogP contribution in [-0.2, 0) is 4.79 Å². The molecule has 3 heteroatoms. The van der Waals surface area contributed by atoms with Gasteiger partial charge in [0, 0.05) is 11.6 Å². The van der Waals surface area contributed by atoms with Crippen LogP contribution in [0, 0.1) is 6.92 Å². The first-order valence-electron chi connectivity index (χ1n) is 5.49. The maximum atomic E-state index is 11.6. The molecule has 0 spiro atoms. The van der Waals surface area contributed by atoms with E-state index in [1.807, 2.05) is 39.8 Å². The highest BCUT2D eigenvalue weighted by Crippen LogP contribution is 2.09. The molecule has 0 radical (unpaired) electrons. The molecule has 0 aliphatic carbocycles. The minimum atomic E-state index is -0.166. The summed E-state index contributed by atoms with van der Waals surface area (Å²) in [5.41, 5.74) is -0.166. The lowest BCUT2D eigenvalue weighted by Gasteiger charge is -2.23. The van der Waals surface area contributed by atoms with Gasteiger partial charge in [-0.3, -0.25) is 4.79 Å².